The molecule has 0 bridgehead atoms. The van der Waals surface area contributed by atoms with Crippen LogP contribution in [0.4, 0.5) is 0 Å². The molecule has 0 heterocycles. The summed E-state index contributed by atoms with van der Waals surface area (Å²) < 4.78 is 16.5. The van der Waals surface area contributed by atoms with Gasteiger partial charge in [0.15, 0.2) is 6.10 Å². The van der Waals surface area contributed by atoms with Crippen molar-refractivity contribution >= 4 is 29.8 Å². The maximum absolute atomic E-state index is 13.5. The number of benzene rings is 2. The number of carbonyl (C=O) groups is 5. The lowest BCUT2D eigenvalue weighted by atomic mass is 9.86. The quantitative estimate of drug-likeness (QED) is 0.0538. The number of phenols is 1. The SMILES string of the molecule is CC/C=C\C/C=C\C/C=C\C/C=C\C/C=C\C/C=C\CC(=O)OCC(C)(C)[C@@H](OC(=O)c1ccccc1OC(=O)c1ccccc1O)C(=O)NCCC(=O)O. The Kier molecular flexibility index (Phi) is 21.3. The molecule has 0 unspecified atom stereocenters. The third kappa shape index (κ3) is 18.6. The molecule has 0 aliphatic heterocycles. The number of hydrogen-bond acceptors (Lipinski definition) is 9. The van der Waals surface area contributed by atoms with Crippen LogP contribution >= 0.6 is 0 Å². The van der Waals surface area contributed by atoms with E-state index in [-0.39, 0.29) is 48.6 Å². The standard InChI is InChI=1S/C44H53NO10/c1-4-5-6-7-8-9-10-11-12-13-14-15-16-17-18-19-20-21-30-39(49)53-33-44(2,3)40(41(50)45-32-31-38(47)48)55-43(52)35-27-23-25-29-37(35)54-42(51)34-26-22-24-28-36(34)46/h5-6,8-9,11-12,14-15,17-18,20-29,40,46H,4,7,10,13,16,19,30-33H2,1-3H3,(H,45,50)(H,47,48)/b6-5-,9-8-,12-11-,15-14-,18-17-,21-20-/t40-/m0/s1. The Morgan fingerprint density at radius 2 is 1.22 bits per heavy atom. The summed E-state index contributed by atoms with van der Waals surface area (Å²) >= 11 is 0. The van der Waals surface area contributed by atoms with Gasteiger partial charge in [0.25, 0.3) is 5.91 Å². The van der Waals surface area contributed by atoms with E-state index in [1.165, 1.54) is 48.5 Å². The molecule has 11 heteroatoms. The molecule has 0 saturated heterocycles. The van der Waals surface area contributed by atoms with Crippen molar-refractivity contribution in [3.05, 3.63) is 133 Å². The zero-order chi connectivity index (χ0) is 40.3. The zero-order valence-electron chi connectivity index (χ0n) is 31.9. The molecule has 1 atom stereocenters. The number of hydrogen-bond donors (Lipinski definition) is 3. The third-order valence-corrected chi connectivity index (χ3v) is 7.73. The van der Waals surface area contributed by atoms with Crippen molar-refractivity contribution in [3.8, 4) is 11.5 Å². The molecule has 0 aliphatic rings. The van der Waals surface area contributed by atoms with Crippen LogP contribution in [0.5, 0.6) is 11.5 Å². The van der Waals surface area contributed by atoms with Gasteiger partial charge in [-0.25, -0.2) is 9.59 Å². The van der Waals surface area contributed by atoms with Crippen molar-refractivity contribution in [2.24, 2.45) is 5.41 Å². The second-order valence-electron chi connectivity index (χ2n) is 12.9. The fourth-order valence-corrected chi connectivity index (χ4v) is 4.75. The van der Waals surface area contributed by atoms with Crippen molar-refractivity contribution in [1.82, 2.24) is 5.32 Å². The Bertz CT molecular complexity index is 1730. The monoisotopic (exact) mass is 755 g/mol. The number of phenolic OH excluding ortho intramolecular Hbond substituents is 1. The van der Waals surface area contributed by atoms with E-state index in [0.29, 0.717) is 6.42 Å². The molecule has 11 nitrogen and oxygen atoms in total. The number of ether oxygens (including phenoxy) is 3. The van der Waals surface area contributed by atoms with Gasteiger partial charge >= 0.3 is 23.9 Å². The van der Waals surface area contributed by atoms with Crippen molar-refractivity contribution in [2.45, 2.75) is 78.2 Å². The Morgan fingerprint density at radius 3 is 1.76 bits per heavy atom. The number of carboxylic acids is 1. The number of carbonyl (C=O) groups excluding carboxylic acids is 4. The van der Waals surface area contributed by atoms with Crippen molar-refractivity contribution in [3.63, 3.8) is 0 Å². The van der Waals surface area contributed by atoms with Gasteiger partial charge in [-0.05, 0) is 62.8 Å². The first-order valence-corrected chi connectivity index (χ1v) is 18.3. The lowest BCUT2D eigenvalue weighted by molar-refractivity contribution is -0.153. The van der Waals surface area contributed by atoms with E-state index in [1.807, 2.05) is 18.2 Å². The summed E-state index contributed by atoms with van der Waals surface area (Å²) in [5.74, 6) is -4.98. The first kappa shape index (κ1) is 45.2. The van der Waals surface area contributed by atoms with Crippen LogP contribution in [-0.2, 0) is 23.9 Å². The lowest BCUT2D eigenvalue weighted by Gasteiger charge is -2.32. The van der Waals surface area contributed by atoms with Gasteiger partial charge in [0, 0.05) is 12.0 Å². The third-order valence-electron chi connectivity index (χ3n) is 7.73. The molecule has 2 rings (SSSR count). The fourth-order valence-electron chi connectivity index (χ4n) is 4.75. The Hall–Kier alpha value is -5.97. The number of para-hydroxylation sites is 2. The fraction of sp³-hybridized carbons (Fsp3) is 0.341. The van der Waals surface area contributed by atoms with E-state index in [9.17, 15) is 29.1 Å². The molecule has 3 N–H and O–H groups in total. The number of nitrogens with one attached hydrogen (secondary N) is 1. The molecular formula is C44H53NO10. The summed E-state index contributed by atoms with van der Waals surface area (Å²) in [7, 11) is 0. The average molecular weight is 756 g/mol. The average Bonchev–Trinajstić information content (AvgIpc) is 3.15. The number of aliphatic carboxylic acids is 1. The number of rotatable bonds is 24. The highest BCUT2D eigenvalue weighted by atomic mass is 16.6. The first-order chi connectivity index (χ1) is 26.5. The van der Waals surface area contributed by atoms with Gasteiger partial charge in [0.05, 0.1) is 12.8 Å². The van der Waals surface area contributed by atoms with Gasteiger partial charge in [-0.15, -0.1) is 0 Å². The van der Waals surface area contributed by atoms with Crippen LogP contribution in [0.3, 0.4) is 0 Å². The molecule has 0 aromatic heterocycles. The van der Waals surface area contributed by atoms with Crippen LogP contribution in [0.1, 0.15) is 92.9 Å². The minimum atomic E-state index is -1.55. The van der Waals surface area contributed by atoms with E-state index < -0.39 is 41.3 Å². The minimum Gasteiger partial charge on any atom is -0.507 e. The van der Waals surface area contributed by atoms with Crippen LogP contribution < -0.4 is 10.1 Å². The second-order valence-corrected chi connectivity index (χ2v) is 12.9. The maximum atomic E-state index is 13.5. The Morgan fingerprint density at radius 1 is 0.709 bits per heavy atom. The number of amides is 1. The van der Waals surface area contributed by atoms with E-state index in [2.05, 4.69) is 60.8 Å². The summed E-state index contributed by atoms with van der Waals surface area (Å²) in [5.41, 5.74) is -1.60. The Labute approximate surface area is 323 Å². The van der Waals surface area contributed by atoms with E-state index >= 15 is 0 Å². The second kappa shape index (κ2) is 25.9. The Balaban J connectivity index is 1.92. The smallest absolute Gasteiger partial charge is 0.347 e. The summed E-state index contributed by atoms with van der Waals surface area (Å²) in [6.45, 7) is 4.67. The van der Waals surface area contributed by atoms with Gasteiger partial charge in [0.2, 0.25) is 0 Å². The number of aromatic hydroxyl groups is 1. The molecule has 0 saturated carbocycles. The highest BCUT2D eigenvalue weighted by Crippen LogP contribution is 2.28. The summed E-state index contributed by atoms with van der Waals surface area (Å²) in [6.07, 6.45) is 28.0. The van der Waals surface area contributed by atoms with E-state index in [1.54, 1.807) is 19.9 Å². The zero-order valence-corrected chi connectivity index (χ0v) is 31.9. The number of allylic oxidation sites excluding steroid dienone is 11. The van der Waals surface area contributed by atoms with Crippen LogP contribution in [-0.4, -0.2) is 59.3 Å². The predicted molar refractivity (Wildman–Crippen MR) is 212 cm³/mol. The van der Waals surface area contributed by atoms with E-state index in [0.717, 1.165) is 32.1 Å². The van der Waals surface area contributed by atoms with Crippen molar-refractivity contribution in [2.75, 3.05) is 13.2 Å². The van der Waals surface area contributed by atoms with Crippen molar-refractivity contribution < 1.29 is 48.4 Å². The number of esters is 3. The van der Waals surface area contributed by atoms with Gasteiger partial charge in [-0.3, -0.25) is 14.4 Å². The van der Waals surface area contributed by atoms with Gasteiger partial charge < -0.3 is 29.7 Å². The van der Waals surface area contributed by atoms with Crippen molar-refractivity contribution in [1.29, 1.82) is 0 Å². The van der Waals surface area contributed by atoms with Crippen LogP contribution in [0, 0.1) is 5.41 Å². The van der Waals surface area contributed by atoms with Gasteiger partial charge in [-0.2, -0.15) is 0 Å². The largest absolute Gasteiger partial charge is 0.507 e. The molecule has 0 aliphatic carbocycles. The molecular weight excluding hydrogens is 702 g/mol. The van der Waals surface area contributed by atoms with Crippen LogP contribution in [0.15, 0.2) is 121 Å². The highest BCUT2D eigenvalue weighted by molar-refractivity contribution is 5.98. The molecule has 55 heavy (non-hydrogen) atoms. The maximum Gasteiger partial charge on any atom is 0.347 e. The molecule has 2 aromatic carbocycles. The summed E-state index contributed by atoms with van der Waals surface area (Å²) in [6, 6.07) is 11.4. The van der Waals surface area contributed by atoms with Crippen LogP contribution in [0.2, 0.25) is 0 Å². The number of carboxylic acid groups (broad SMARTS) is 1. The molecule has 0 spiro atoms. The highest BCUT2D eigenvalue weighted by Gasteiger charge is 2.40. The summed E-state index contributed by atoms with van der Waals surface area (Å²) in [5, 5.41) is 21.5. The normalized spacial score (nSPS) is 12.6. The lowest BCUT2D eigenvalue weighted by Crippen LogP contribution is -2.49. The molecule has 1 amide bonds. The van der Waals surface area contributed by atoms with E-state index in [4.69, 9.17) is 19.3 Å². The van der Waals surface area contributed by atoms with Gasteiger partial charge in [0.1, 0.15) is 29.2 Å². The molecule has 0 fully saturated rings. The van der Waals surface area contributed by atoms with Crippen LogP contribution in [0.25, 0.3) is 0 Å². The minimum absolute atomic E-state index is 0.0221. The molecule has 294 valence electrons. The summed E-state index contributed by atoms with van der Waals surface area (Å²) in [4.78, 5) is 63.1. The predicted octanol–water partition coefficient (Wildman–Crippen LogP) is 8.38. The molecule has 0 radical (unpaired) electrons. The molecule has 2 aromatic rings. The topological polar surface area (TPSA) is 166 Å². The van der Waals surface area contributed by atoms with Gasteiger partial charge in [-0.1, -0.05) is 118 Å². The first-order valence-electron chi connectivity index (χ1n) is 18.3.